The van der Waals surface area contributed by atoms with Crippen LogP contribution in [0.15, 0.2) is 30.3 Å². The first kappa shape index (κ1) is 28.4. The molecule has 0 saturated heterocycles. The Bertz CT molecular complexity index is 809. The van der Waals surface area contributed by atoms with Crippen LogP contribution in [0.2, 0.25) is 0 Å². The van der Waals surface area contributed by atoms with Crippen LogP contribution >= 0.6 is 0 Å². The number of alkyl halides is 3. The monoisotopic (exact) mass is 459 g/mol. The van der Waals surface area contributed by atoms with Gasteiger partial charge in [0.15, 0.2) is 0 Å². The summed E-state index contributed by atoms with van der Waals surface area (Å²) in [6, 6.07) is 7.70. The van der Waals surface area contributed by atoms with Crippen LogP contribution in [0, 0.1) is 12.3 Å². The Balaban J connectivity index is 0.00000118. The van der Waals surface area contributed by atoms with E-state index in [0.29, 0.717) is 0 Å². The average Bonchev–Trinajstić information content (AvgIpc) is 2.73. The fraction of sp³-hybridized carbons (Fsp3) is 0.400. The molecule has 0 fully saturated rings. The van der Waals surface area contributed by atoms with Gasteiger partial charge in [0.05, 0.1) is 12.6 Å². The van der Waals surface area contributed by atoms with Crippen LogP contribution in [0.5, 0.6) is 0 Å². The summed E-state index contributed by atoms with van der Waals surface area (Å²) in [5, 5.41) is 12.4. The van der Waals surface area contributed by atoms with Crippen LogP contribution < -0.4 is 16.4 Å². The number of carbonyl (C=O) groups excluding carboxylic acids is 3. The quantitative estimate of drug-likeness (QED) is 0.298. The molecule has 1 aromatic rings. The molecule has 0 aliphatic rings. The van der Waals surface area contributed by atoms with E-state index < -0.39 is 42.0 Å². The van der Waals surface area contributed by atoms with Gasteiger partial charge < -0.3 is 20.9 Å². The maximum atomic E-state index is 12.0. The molecule has 0 radical (unpaired) electrons. The van der Waals surface area contributed by atoms with Crippen LogP contribution in [0.3, 0.4) is 0 Å². The first-order chi connectivity index (χ1) is 14.9. The number of hydrogen-bond acceptors (Lipinski definition) is 6. The zero-order chi connectivity index (χ0) is 24.7. The number of carboxylic acid groups (broad SMARTS) is 1. The van der Waals surface area contributed by atoms with Gasteiger partial charge in [-0.3, -0.25) is 19.7 Å². The number of carboxylic acids is 1. The highest BCUT2D eigenvalue weighted by atomic mass is 19.4. The summed E-state index contributed by atoms with van der Waals surface area (Å²) in [7, 11) is 0. The standard InChI is InChI=1S/C18H23N3O4.C2HF3O2/c1-3-11-20-13(2)18(24)21-15(17(19)23)9-10-16(22)25-12-14-7-5-4-6-8-14;3-2(4,5)1(6)7/h1,4-8,13,15,20H,9-12H2,2H3,(H2,19,23)(H,21,24);(H,6,7)/t13-,15+;/m0./s1. The van der Waals surface area contributed by atoms with Crippen LogP contribution in [0.1, 0.15) is 25.3 Å². The Kier molecular flexibility index (Phi) is 12.8. The first-order valence-electron chi connectivity index (χ1n) is 9.14. The minimum Gasteiger partial charge on any atom is -0.475 e. The number of esters is 1. The van der Waals surface area contributed by atoms with Crippen molar-refractivity contribution >= 4 is 23.8 Å². The molecule has 0 saturated carbocycles. The van der Waals surface area contributed by atoms with E-state index in [1.54, 1.807) is 6.92 Å². The number of amides is 2. The first-order valence-corrected chi connectivity index (χ1v) is 9.14. The molecule has 1 aromatic carbocycles. The van der Waals surface area contributed by atoms with Crippen molar-refractivity contribution in [2.75, 3.05) is 6.54 Å². The van der Waals surface area contributed by atoms with Gasteiger partial charge >= 0.3 is 18.1 Å². The van der Waals surface area contributed by atoms with Crippen LogP contribution in [-0.4, -0.2) is 53.7 Å². The van der Waals surface area contributed by atoms with Gasteiger partial charge in [-0.1, -0.05) is 36.3 Å². The zero-order valence-corrected chi connectivity index (χ0v) is 17.1. The van der Waals surface area contributed by atoms with Crippen molar-refractivity contribution in [1.29, 1.82) is 0 Å². The molecule has 9 nitrogen and oxygen atoms in total. The van der Waals surface area contributed by atoms with E-state index in [4.69, 9.17) is 26.8 Å². The topological polar surface area (TPSA) is 148 Å². The number of nitrogens with two attached hydrogens (primary N) is 1. The van der Waals surface area contributed by atoms with E-state index in [9.17, 15) is 27.6 Å². The van der Waals surface area contributed by atoms with E-state index in [2.05, 4.69) is 16.6 Å². The van der Waals surface area contributed by atoms with Crippen molar-refractivity contribution in [2.45, 2.75) is 44.6 Å². The van der Waals surface area contributed by atoms with Crippen LogP contribution in [-0.2, 0) is 30.5 Å². The average molecular weight is 459 g/mol. The zero-order valence-electron chi connectivity index (χ0n) is 17.1. The van der Waals surface area contributed by atoms with Gasteiger partial charge in [0.2, 0.25) is 11.8 Å². The SMILES string of the molecule is C#CCN[C@@H](C)C(=O)N[C@H](CCC(=O)OCc1ccccc1)C(N)=O.O=C(O)C(F)(F)F. The Morgan fingerprint density at radius 3 is 2.25 bits per heavy atom. The molecule has 2 amide bonds. The number of hydrogen-bond donors (Lipinski definition) is 4. The van der Waals surface area contributed by atoms with E-state index in [1.807, 2.05) is 30.3 Å². The molecule has 176 valence electrons. The molecule has 2 atom stereocenters. The summed E-state index contributed by atoms with van der Waals surface area (Å²) in [6.07, 6.45) is 0.0561. The largest absolute Gasteiger partial charge is 0.490 e. The predicted molar refractivity (Wildman–Crippen MR) is 107 cm³/mol. The van der Waals surface area contributed by atoms with Gasteiger partial charge in [0.25, 0.3) is 0 Å². The molecule has 0 aliphatic heterocycles. The molecule has 0 aromatic heterocycles. The van der Waals surface area contributed by atoms with Crippen molar-refractivity contribution in [3.8, 4) is 12.3 Å². The lowest BCUT2D eigenvalue weighted by molar-refractivity contribution is -0.192. The maximum absolute atomic E-state index is 12.0. The van der Waals surface area contributed by atoms with Gasteiger partial charge in [-0.05, 0) is 18.9 Å². The predicted octanol–water partition coefficient (Wildman–Crippen LogP) is 0.725. The number of benzene rings is 1. The number of halogens is 3. The highest BCUT2D eigenvalue weighted by Gasteiger charge is 2.38. The van der Waals surface area contributed by atoms with Crippen molar-refractivity contribution in [2.24, 2.45) is 5.73 Å². The minimum absolute atomic E-state index is 0.0348. The fourth-order valence-corrected chi connectivity index (χ4v) is 1.96. The highest BCUT2D eigenvalue weighted by molar-refractivity contribution is 5.89. The minimum atomic E-state index is -5.08. The van der Waals surface area contributed by atoms with Crippen molar-refractivity contribution in [3.05, 3.63) is 35.9 Å². The van der Waals surface area contributed by atoms with Crippen LogP contribution in [0.25, 0.3) is 0 Å². The third-order valence-corrected chi connectivity index (χ3v) is 3.69. The number of aliphatic carboxylic acids is 1. The van der Waals surface area contributed by atoms with Crippen molar-refractivity contribution in [3.63, 3.8) is 0 Å². The number of ether oxygens (including phenoxy) is 1. The lowest BCUT2D eigenvalue weighted by atomic mass is 10.1. The molecule has 32 heavy (non-hydrogen) atoms. The smallest absolute Gasteiger partial charge is 0.475 e. The Labute approximate surface area is 182 Å². The lowest BCUT2D eigenvalue weighted by Crippen LogP contribution is -2.51. The Morgan fingerprint density at radius 2 is 1.78 bits per heavy atom. The van der Waals surface area contributed by atoms with E-state index in [0.717, 1.165) is 5.56 Å². The number of rotatable bonds is 10. The molecule has 12 heteroatoms. The van der Waals surface area contributed by atoms with Gasteiger partial charge in [0.1, 0.15) is 12.6 Å². The third kappa shape index (κ3) is 12.9. The molecule has 0 unspecified atom stereocenters. The lowest BCUT2D eigenvalue weighted by Gasteiger charge is -2.18. The van der Waals surface area contributed by atoms with E-state index >= 15 is 0 Å². The molecular formula is C20H24F3N3O6. The summed E-state index contributed by atoms with van der Waals surface area (Å²) in [4.78, 5) is 44.1. The van der Waals surface area contributed by atoms with Crippen LogP contribution in [0.4, 0.5) is 13.2 Å². The summed E-state index contributed by atoms with van der Waals surface area (Å²) < 4.78 is 36.9. The second-order valence-electron chi connectivity index (χ2n) is 6.26. The van der Waals surface area contributed by atoms with E-state index in [1.165, 1.54) is 0 Å². The normalized spacial score (nSPS) is 12.2. The molecule has 0 heterocycles. The van der Waals surface area contributed by atoms with Crippen molar-refractivity contribution < 1.29 is 42.2 Å². The number of terminal acetylenes is 1. The second kappa shape index (κ2) is 14.4. The molecular weight excluding hydrogens is 435 g/mol. The molecule has 0 spiro atoms. The third-order valence-electron chi connectivity index (χ3n) is 3.69. The van der Waals surface area contributed by atoms with Crippen molar-refractivity contribution in [1.82, 2.24) is 10.6 Å². The number of nitrogens with one attached hydrogen (secondary N) is 2. The van der Waals surface area contributed by atoms with E-state index in [-0.39, 0.29) is 26.0 Å². The van der Waals surface area contributed by atoms with Gasteiger partial charge in [0, 0.05) is 6.42 Å². The molecule has 0 bridgehead atoms. The summed E-state index contributed by atoms with van der Waals surface area (Å²) >= 11 is 0. The summed E-state index contributed by atoms with van der Waals surface area (Å²) in [5.74, 6) is -2.01. The summed E-state index contributed by atoms with van der Waals surface area (Å²) in [6.45, 7) is 1.99. The molecule has 1 rings (SSSR count). The second-order valence-corrected chi connectivity index (χ2v) is 6.26. The summed E-state index contributed by atoms with van der Waals surface area (Å²) in [5.41, 5.74) is 6.14. The Hall–Kier alpha value is -3.59. The van der Waals surface area contributed by atoms with Gasteiger partial charge in [-0.15, -0.1) is 6.42 Å². The molecule has 5 N–H and O–H groups in total. The maximum Gasteiger partial charge on any atom is 0.490 e. The Morgan fingerprint density at radius 1 is 1.22 bits per heavy atom. The highest BCUT2D eigenvalue weighted by Crippen LogP contribution is 2.13. The number of primary amides is 1. The fourth-order valence-electron chi connectivity index (χ4n) is 1.96. The van der Waals surface area contributed by atoms with Gasteiger partial charge in [-0.2, -0.15) is 13.2 Å². The van der Waals surface area contributed by atoms with Gasteiger partial charge in [-0.25, -0.2) is 4.79 Å². The number of carbonyl (C=O) groups is 4. The molecule has 0 aliphatic carbocycles.